The Labute approximate surface area is 114 Å². The predicted molar refractivity (Wildman–Crippen MR) is 77.3 cm³/mol. The van der Waals surface area contributed by atoms with Gasteiger partial charge in [0.1, 0.15) is 5.75 Å². The van der Waals surface area contributed by atoms with Crippen LogP contribution in [0, 0.1) is 0 Å². The molecule has 0 saturated heterocycles. The summed E-state index contributed by atoms with van der Waals surface area (Å²) in [5.74, 6) is 0.986. The van der Waals surface area contributed by atoms with E-state index in [0.29, 0.717) is 6.04 Å². The van der Waals surface area contributed by atoms with Crippen molar-refractivity contribution in [3.05, 3.63) is 65.2 Å². The van der Waals surface area contributed by atoms with E-state index in [9.17, 15) is 0 Å². The first-order valence-electron chi connectivity index (χ1n) is 6.69. The van der Waals surface area contributed by atoms with Crippen LogP contribution in [0.5, 0.6) is 5.75 Å². The predicted octanol–water partition coefficient (Wildman–Crippen LogP) is 3.42. The molecule has 0 spiro atoms. The van der Waals surface area contributed by atoms with E-state index >= 15 is 0 Å². The van der Waals surface area contributed by atoms with Gasteiger partial charge in [0.25, 0.3) is 0 Å². The van der Waals surface area contributed by atoms with Gasteiger partial charge in [0.05, 0.1) is 7.11 Å². The maximum atomic E-state index is 5.46. The van der Waals surface area contributed by atoms with Crippen LogP contribution in [0.3, 0.4) is 0 Å². The molecule has 0 fully saturated rings. The SMILES string of the molecule is COc1ccccc1CC1c2ccccc2CN1C. The maximum absolute atomic E-state index is 5.46. The van der Waals surface area contributed by atoms with Crippen LogP contribution < -0.4 is 4.74 Å². The Hall–Kier alpha value is -1.80. The summed E-state index contributed by atoms with van der Waals surface area (Å²) >= 11 is 0. The second-order valence-corrected chi connectivity index (χ2v) is 5.15. The van der Waals surface area contributed by atoms with Crippen molar-refractivity contribution < 1.29 is 4.74 Å². The van der Waals surface area contributed by atoms with E-state index in [4.69, 9.17) is 4.74 Å². The quantitative estimate of drug-likeness (QED) is 0.831. The maximum Gasteiger partial charge on any atom is 0.122 e. The van der Waals surface area contributed by atoms with Crippen molar-refractivity contribution in [2.24, 2.45) is 0 Å². The summed E-state index contributed by atoms with van der Waals surface area (Å²) in [4.78, 5) is 2.41. The highest BCUT2D eigenvalue weighted by Crippen LogP contribution is 2.36. The fourth-order valence-electron chi connectivity index (χ4n) is 2.97. The zero-order chi connectivity index (χ0) is 13.2. The number of hydrogen-bond donors (Lipinski definition) is 0. The molecular weight excluding hydrogens is 234 g/mol. The Balaban J connectivity index is 1.91. The molecule has 1 aliphatic rings. The number of hydrogen-bond acceptors (Lipinski definition) is 2. The molecule has 0 aromatic heterocycles. The highest BCUT2D eigenvalue weighted by atomic mass is 16.5. The summed E-state index contributed by atoms with van der Waals surface area (Å²) in [7, 11) is 3.94. The second-order valence-electron chi connectivity index (χ2n) is 5.15. The fourth-order valence-corrected chi connectivity index (χ4v) is 2.97. The number of para-hydroxylation sites is 1. The molecule has 3 rings (SSSR count). The molecule has 0 N–H and O–H groups in total. The van der Waals surface area contributed by atoms with E-state index < -0.39 is 0 Å². The molecule has 1 atom stereocenters. The minimum absolute atomic E-state index is 0.451. The molecular formula is C17H19NO. The Morgan fingerprint density at radius 3 is 2.68 bits per heavy atom. The number of methoxy groups -OCH3 is 1. The molecule has 2 aromatic carbocycles. The lowest BCUT2D eigenvalue weighted by atomic mass is 9.98. The van der Waals surface area contributed by atoms with Gasteiger partial charge in [-0.3, -0.25) is 4.90 Å². The fraction of sp³-hybridized carbons (Fsp3) is 0.294. The topological polar surface area (TPSA) is 12.5 Å². The van der Waals surface area contributed by atoms with Crippen molar-refractivity contribution in [3.63, 3.8) is 0 Å². The molecule has 1 heterocycles. The van der Waals surface area contributed by atoms with E-state index in [1.54, 1.807) is 7.11 Å². The normalized spacial score (nSPS) is 18.3. The highest BCUT2D eigenvalue weighted by Gasteiger charge is 2.27. The van der Waals surface area contributed by atoms with Crippen LogP contribution >= 0.6 is 0 Å². The average molecular weight is 253 g/mol. The van der Waals surface area contributed by atoms with Gasteiger partial charge >= 0.3 is 0 Å². The molecule has 1 aliphatic heterocycles. The minimum Gasteiger partial charge on any atom is -0.496 e. The lowest BCUT2D eigenvalue weighted by Crippen LogP contribution is -2.18. The van der Waals surface area contributed by atoms with Crippen molar-refractivity contribution in [2.75, 3.05) is 14.2 Å². The van der Waals surface area contributed by atoms with Crippen LogP contribution in [-0.2, 0) is 13.0 Å². The van der Waals surface area contributed by atoms with Crippen molar-refractivity contribution in [1.29, 1.82) is 0 Å². The molecule has 19 heavy (non-hydrogen) atoms. The number of nitrogens with zero attached hydrogens (tertiary/aromatic N) is 1. The number of fused-ring (bicyclic) bond motifs is 1. The Morgan fingerprint density at radius 1 is 1.11 bits per heavy atom. The first-order chi connectivity index (χ1) is 9.29. The van der Waals surface area contributed by atoms with Gasteiger partial charge < -0.3 is 4.74 Å². The molecule has 2 heteroatoms. The standard InChI is InChI=1S/C17H19NO/c1-18-12-14-8-3-5-9-15(14)16(18)11-13-7-4-6-10-17(13)19-2/h3-10,16H,11-12H2,1-2H3. The highest BCUT2D eigenvalue weighted by molar-refractivity contribution is 5.39. The molecule has 2 aromatic rings. The molecule has 0 saturated carbocycles. The van der Waals surface area contributed by atoms with Gasteiger partial charge in [0.15, 0.2) is 0 Å². The van der Waals surface area contributed by atoms with Crippen molar-refractivity contribution in [2.45, 2.75) is 19.0 Å². The third-order valence-corrected chi connectivity index (χ3v) is 3.97. The summed E-state index contributed by atoms with van der Waals surface area (Å²) in [5, 5.41) is 0. The van der Waals surface area contributed by atoms with Crippen LogP contribution in [0.2, 0.25) is 0 Å². The van der Waals surface area contributed by atoms with E-state index in [-0.39, 0.29) is 0 Å². The van der Waals surface area contributed by atoms with E-state index in [1.165, 1.54) is 16.7 Å². The zero-order valence-electron chi connectivity index (χ0n) is 11.5. The number of ether oxygens (including phenoxy) is 1. The van der Waals surface area contributed by atoms with Gasteiger partial charge in [-0.25, -0.2) is 0 Å². The van der Waals surface area contributed by atoms with Crippen LogP contribution in [0.4, 0.5) is 0 Å². The Morgan fingerprint density at radius 2 is 1.84 bits per heavy atom. The van der Waals surface area contributed by atoms with Gasteiger partial charge in [-0.15, -0.1) is 0 Å². The Bertz CT molecular complexity index is 579. The molecule has 0 amide bonds. The zero-order valence-corrected chi connectivity index (χ0v) is 11.5. The van der Waals surface area contributed by atoms with Gasteiger partial charge in [0, 0.05) is 12.6 Å². The van der Waals surface area contributed by atoms with E-state index in [1.807, 2.05) is 12.1 Å². The average Bonchev–Trinajstić information content (AvgIpc) is 2.76. The smallest absolute Gasteiger partial charge is 0.122 e. The van der Waals surface area contributed by atoms with Crippen molar-refractivity contribution in [1.82, 2.24) is 4.90 Å². The molecule has 0 radical (unpaired) electrons. The molecule has 1 unspecified atom stereocenters. The van der Waals surface area contributed by atoms with Gasteiger partial charge in [-0.1, -0.05) is 42.5 Å². The van der Waals surface area contributed by atoms with Gasteiger partial charge in [-0.05, 0) is 36.2 Å². The summed E-state index contributed by atoms with van der Waals surface area (Å²) in [5.41, 5.74) is 4.18. The van der Waals surface area contributed by atoms with Crippen LogP contribution in [0.15, 0.2) is 48.5 Å². The monoisotopic (exact) mass is 253 g/mol. The van der Waals surface area contributed by atoms with Crippen LogP contribution in [0.25, 0.3) is 0 Å². The first-order valence-corrected chi connectivity index (χ1v) is 6.69. The van der Waals surface area contributed by atoms with Crippen LogP contribution in [0.1, 0.15) is 22.7 Å². The third kappa shape index (κ3) is 2.24. The van der Waals surface area contributed by atoms with Gasteiger partial charge in [0.2, 0.25) is 0 Å². The van der Waals surface area contributed by atoms with Crippen molar-refractivity contribution >= 4 is 0 Å². The van der Waals surface area contributed by atoms with E-state index in [0.717, 1.165) is 18.7 Å². The molecule has 2 nitrogen and oxygen atoms in total. The lowest BCUT2D eigenvalue weighted by molar-refractivity contribution is 0.265. The summed E-state index contributed by atoms with van der Waals surface area (Å²) in [6.07, 6.45) is 0.998. The third-order valence-electron chi connectivity index (χ3n) is 3.97. The second kappa shape index (κ2) is 5.06. The number of likely N-dealkylation sites (N-methyl/N-ethyl adjacent to an activating group) is 1. The Kier molecular flexibility index (Phi) is 3.26. The van der Waals surface area contributed by atoms with Crippen molar-refractivity contribution in [3.8, 4) is 5.75 Å². The lowest BCUT2D eigenvalue weighted by Gasteiger charge is -2.21. The van der Waals surface area contributed by atoms with Crippen LogP contribution in [-0.4, -0.2) is 19.1 Å². The van der Waals surface area contributed by atoms with E-state index in [2.05, 4.69) is 48.3 Å². The first kappa shape index (κ1) is 12.2. The number of rotatable bonds is 3. The molecule has 0 bridgehead atoms. The molecule has 0 aliphatic carbocycles. The summed E-state index contributed by atoms with van der Waals surface area (Å²) < 4.78 is 5.46. The summed E-state index contributed by atoms with van der Waals surface area (Å²) in [6.45, 7) is 1.04. The largest absolute Gasteiger partial charge is 0.496 e. The van der Waals surface area contributed by atoms with Gasteiger partial charge in [-0.2, -0.15) is 0 Å². The molecule has 98 valence electrons. The minimum atomic E-state index is 0.451. The number of benzene rings is 2. The summed E-state index contributed by atoms with van der Waals surface area (Å²) in [6, 6.07) is 17.5.